The summed E-state index contributed by atoms with van der Waals surface area (Å²) in [5.41, 5.74) is 4.17. The van der Waals surface area contributed by atoms with E-state index in [0.29, 0.717) is 0 Å². The maximum absolute atomic E-state index is 10.1. The van der Waals surface area contributed by atoms with Crippen LogP contribution >= 0.6 is 11.6 Å². The van der Waals surface area contributed by atoms with Crippen molar-refractivity contribution in [3.63, 3.8) is 0 Å². The number of halogens is 3. The van der Waals surface area contributed by atoms with Crippen LogP contribution in [0.5, 0.6) is 0 Å². The van der Waals surface area contributed by atoms with Gasteiger partial charge in [-0.1, -0.05) is 11.6 Å². The van der Waals surface area contributed by atoms with Gasteiger partial charge in [-0.15, -0.1) is 0 Å². The molecule has 0 aliphatic heterocycles. The maximum Gasteiger partial charge on any atom is 0.312 e. The zero-order valence-corrected chi connectivity index (χ0v) is 4.03. The van der Waals surface area contributed by atoms with Gasteiger partial charge in [0.15, 0.2) is 0 Å². The number of hydrogen-bond acceptors (Lipinski definition) is 1. The van der Waals surface area contributed by atoms with Crippen LogP contribution in [0.15, 0.2) is 0 Å². The Morgan fingerprint density at radius 1 is 1.71 bits per heavy atom. The van der Waals surface area contributed by atoms with E-state index >= 15 is 0 Å². The van der Waals surface area contributed by atoms with Crippen molar-refractivity contribution < 1.29 is 13.6 Å². The molecule has 1 amide bonds. The highest BCUT2D eigenvalue weighted by molar-refractivity contribution is 6.18. The number of carbonyl (C=O) groups is 1. The second-order valence-corrected chi connectivity index (χ2v) is 0.713. The molecule has 0 aromatic rings. The van der Waals surface area contributed by atoms with Crippen molar-refractivity contribution >= 4 is 18.0 Å². The van der Waals surface area contributed by atoms with Gasteiger partial charge in [0, 0.05) is 0 Å². The van der Waals surface area contributed by atoms with Gasteiger partial charge in [-0.2, -0.15) is 8.78 Å². The lowest BCUT2D eigenvalue weighted by atomic mass is 11.5. The van der Waals surface area contributed by atoms with Crippen LogP contribution in [-0.2, 0) is 4.79 Å². The lowest BCUT2D eigenvalue weighted by Crippen LogP contribution is -1.82. The molecule has 0 rings (SSSR count). The fourth-order valence-corrected chi connectivity index (χ4v) is 0. The smallest absolute Gasteiger partial charge is 0.312 e. The monoisotopic (exact) mass is 131 g/mol. The lowest BCUT2D eigenvalue weighted by molar-refractivity contribution is -0.106. The van der Waals surface area contributed by atoms with Crippen molar-refractivity contribution in [1.29, 1.82) is 0 Å². The number of alkyl halides is 3. The molecule has 2 nitrogen and oxygen atoms in total. The molecular weight excluding hydrogens is 127 g/mol. The molecule has 0 aliphatic carbocycles. The Morgan fingerprint density at radius 2 is 1.71 bits per heavy atom. The van der Waals surface area contributed by atoms with Gasteiger partial charge in [0.25, 0.3) is 0 Å². The first-order valence-corrected chi connectivity index (χ1v) is 1.66. The quantitative estimate of drug-likeness (QED) is 0.379. The molecule has 44 valence electrons. The second-order valence-electron chi connectivity index (χ2n) is 0.384. The van der Waals surface area contributed by atoms with Crippen LogP contribution in [0.1, 0.15) is 0 Å². The summed E-state index contributed by atoms with van der Waals surface area (Å²) < 4.78 is 20.2. The predicted octanol–water partition coefficient (Wildman–Crippen LogP) is 0.549. The third-order valence-corrected chi connectivity index (χ3v) is 0. The molecule has 0 aliphatic rings. The predicted molar refractivity (Wildman–Crippen MR) is 22.1 cm³/mol. The summed E-state index contributed by atoms with van der Waals surface area (Å²) >= 11 is 3.94. The minimum Gasteiger partial charge on any atom is -0.372 e. The van der Waals surface area contributed by atoms with Crippen LogP contribution in [0.4, 0.5) is 8.78 Å². The Kier molecular flexibility index (Phi) is 12.8. The van der Waals surface area contributed by atoms with E-state index in [-0.39, 0.29) is 6.41 Å². The second kappa shape index (κ2) is 9.15. The molecule has 0 fully saturated rings. The van der Waals surface area contributed by atoms with E-state index in [2.05, 4.69) is 17.3 Å². The molecule has 5 heteroatoms. The maximum atomic E-state index is 10.1. The van der Waals surface area contributed by atoms with Crippen molar-refractivity contribution in [1.82, 2.24) is 0 Å². The number of carbonyl (C=O) groups excluding carboxylic acids is 1. The molecule has 0 bridgehead atoms. The summed E-state index contributed by atoms with van der Waals surface area (Å²) in [6.45, 7) is 0. The van der Waals surface area contributed by atoms with Gasteiger partial charge in [-0.25, -0.2) is 0 Å². The Morgan fingerprint density at radius 3 is 1.71 bits per heavy atom. The SMILES string of the molecule is FC(F)Cl.NC=O. The van der Waals surface area contributed by atoms with Gasteiger partial charge in [0.1, 0.15) is 0 Å². The Hall–Kier alpha value is -0.380. The number of primary amides is 1. The van der Waals surface area contributed by atoms with E-state index in [9.17, 15) is 8.78 Å². The summed E-state index contributed by atoms with van der Waals surface area (Å²) in [6, 6.07) is 0. The molecular formula is C2H4ClF2NO. The number of amides is 1. The first-order chi connectivity index (χ1) is 3.15. The molecule has 0 radical (unpaired) electrons. The zero-order chi connectivity index (χ0) is 6.28. The summed E-state index contributed by atoms with van der Waals surface area (Å²) in [6.07, 6.45) is 0.250. The standard InChI is InChI=1S/CHClF2.CH3NO/c2-1(3)4;2-1-3/h1H;1H,(H2,2,3). The lowest BCUT2D eigenvalue weighted by Gasteiger charge is -1.66. The largest absolute Gasteiger partial charge is 0.372 e. The third-order valence-electron chi connectivity index (χ3n) is 0. The van der Waals surface area contributed by atoms with Crippen molar-refractivity contribution in [3.8, 4) is 0 Å². The highest BCUT2D eigenvalue weighted by atomic mass is 35.5. The Labute approximate surface area is 44.2 Å². The minimum absolute atomic E-state index is 0.250. The fourth-order valence-electron chi connectivity index (χ4n) is 0. The van der Waals surface area contributed by atoms with E-state index in [1.807, 2.05) is 0 Å². The van der Waals surface area contributed by atoms with Crippen molar-refractivity contribution in [2.75, 3.05) is 0 Å². The molecule has 0 spiro atoms. The zero-order valence-electron chi connectivity index (χ0n) is 3.27. The van der Waals surface area contributed by atoms with Crippen molar-refractivity contribution in [3.05, 3.63) is 0 Å². The normalized spacial score (nSPS) is 6.86. The van der Waals surface area contributed by atoms with E-state index in [4.69, 9.17) is 4.79 Å². The number of rotatable bonds is 0. The van der Waals surface area contributed by atoms with Crippen LogP contribution < -0.4 is 5.73 Å². The van der Waals surface area contributed by atoms with E-state index in [0.717, 1.165) is 0 Å². The van der Waals surface area contributed by atoms with Gasteiger partial charge >= 0.3 is 5.88 Å². The average molecular weight is 132 g/mol. The van der Waals surface area contributed by atoms with Gasteiger partial charge < -0.3 is 5.73 Å². The molecule has 0 aromatic heterocycles. The van der Waals surface area contributed by atoms with Crippen LogP contribution in [-0.4, -0.2) is 12.3 Å². The highest BCUT2D eigenvalue weighted by Gasteiger charge is 1.83. The van der Waals surface area contributed by atoms with Crippen LogP contribution in [0.25, 0.3) is 0 Å². The van der Waals surface area contributed by atoms with E-state index in [1.165, 1.54) is 0 Å². The molecule has 2 N–H and O–H groups in total. The Balaban J connectivity index is 0. The molecule has 0 aromatic carbocycles. The molecule has 0 saturated heterocycles. The van der Waals surface area contributed by atoms with Crippen LogP contribution in [0, 0.1) is 0 Å². The Bertz CT molecular complexity index is 39.9. The van der Waals surface area contributed by atoms with E-state index < -0.39 is 5.88 Å². The third kappa shape index (κ3) is 510. The molecule has 0 saturated carbocycles. The molecule has 0 atom stereocenters. The van der Waals surface area contributed by atoms with Crippen molar-refractivity contribution in [2.24, 2.45) is 5.73 Å². The van der Waals surface area contributed by atoms with Crippen molar-refractivity contribution in [2.45, 2.75) is 5.88 Å². The van der Waals surface area contributed by atoms with E-state index in [1.54, 1.807) is 0 Å². The highest BCUT2D eigenvalue weighted by Crippen LogP contribution is 1.93. The van der Waals surface area contributed by atoms with Crippen LogP contribution in [0.3, 0.4) is 0 Å². The minimum atomic E-state index is -2.69. The summed E-state index contributed by atoms with van der Waals surface area (Å²) in [4.78, 5) is 8.58. The fraction of sp³-hybridized carbons (Fsp3) is 0.500. The summed E-state index contributed by atoms with van der Waals surface area (Å²) in [7, 11) is 0. The van der Waals surface area contributed by atoms with Gasteiger partial charge in [0.05, 0.1) is 0 Å². The summed E-state index contributed by atoms with van der Waals surface area (Å²) in [5.74, 6) is -2.69. The van der Waals surface area contributed by atoms with Gasteiger partial charge in [-0.3, -0.25) is 4.79 Å². The van der Waals surface area contributed by atoms with Gasteiger partial charge in [-0.05, 0) is 0 Å². The van der Waals surface area contributed by atoms with Gasteiger partial charge in [0.2, 0.25) is 6.41 Å². The first kappa shape index (κ1) is 9.80. The molecule has 0 unspecified atom stereocenters. The molecule has 7 heavy (non-hydrogen) atoms. The average Bonchev–Trinajstić information content (AvgIpc) is 1.33. The summed E-state index contributed by atoms with van der Waals surface area (Å²) in [5, 5.41) is 0. The number of hydrogen-bond donors (Lipinski definition) is 1. The molecule has 0 heterocycles. The topological polar surface area (TPSA) is 43.1 Å². The first-order valence-electron chi connectivity index (χ1n) is 1.22. The van der Waals surface area contributed by atoms with Crippen LogP contribution in [0.2, 0.25) is 0 Å². The number of nitrogens with two attached hydrogens (primary N) is 1.